The number of carbonyl (C=O) groups excluding carboxylic acids is 2. The summed E-state index contributed by atoms with van der Waals surface area (Å²) in [4.78, 5) is 30.3. The lowest BCUT2D eigenvalue weighted by Crippen LogP contribution is -2.49. The molecule has 0 N–H and O–H groups in total. The lowest BCUT2D eigenvalue weighted by molar-refractivity contribution is 0.0742. The summed E-state index contributed by atoms with van der Waals surface area (Å²) in [7, 11) is 1.64. The summed E-state index contributed by atoms with van der Waals surface area (Å²) in [5.74, 6) is 1.26. The molecule has 0 unspecified atom stereocenters. The van der Waals surface area contributed by atoms with Crippen LogP contribution in [-0.4, -0.2) is 60.1 Å². The minimum absolute atomic E-state index is 0.131. The second-order valence-corrected chi connectivity index (χ2v) is 8.53. The van der Waals surface area contributed by atoms with Crippen LogP contribution in [0.25, 0.3) is 11.3 Å². The van der Waals surface area contributed by atoms with Crippen LogP contribution < -0.4 is 9.64 Å². The Morgan fingerprint density at radius 2 is 1.47 bits per heavy atom. The normalized spacial score (nSPS) is 13.4. The van der Waals surface area contributed by atoms with E-state index in [4.69, 9.17) is 4.74 Å². The fraction of sp³-hybridized carbons (Fsp3) is 0.172. The van der Waals surface area contributed by atoms with Crippen molar-refractivity contribution in [2.75, 3.05) is 38.2 Å². The van der Waals surface area contributed by atoms with Crippen LogP contribution in [0.2, 0.25) is 0 Å². The zero-order valence-electron chi connectivity index (χ0n) is 20.0. The number of ether oxygens (including phenoxy) is 1. The molecule has 0 radical (unpaired) electrons. The van der Waals surface area contributed by atoms with Crippen molar-refractivity contribution in [2.45, 2.75) is 0 Å². The molecule has 1 amide bonds. The zero-order chi connectivity index (χ0) is 24.9. The Morgan fingerprint density at radius 1 is 0.750 bits per heavy atom. The number of benzene rings is 3. The van der Waals surface area contributed by atoms with Crippen molar-refractivity contribution in [1.29, 1.82) is 0 Å². The number of nitrogens with zero attached hydrogens (tertiary/aromatic N) is 4. The third-order valence-electron chi connectivity index (χ3n) is 6.34. The first kappa shape index (κ1) is 23.2. The molecule has 2 heterocycles. The summed E-state index contributed by atoms with van der Waals surface area (Å²) >= 11 is 0. The predicted octanol–water partition coefficient (Wildman–Crippen LogP) is 4.35. The molecule has 0 aliphatic carbocycles. The van der Waals surface area contributed by atoms with Gasteiger partial charge in [-0.3, -0.25) is 9.59 Å². The van der Waals surface area contributed by atoms with Gasteiger partial charge in [-0.05, 0) is 30.3 Å². The number of ketones is 1. The van der Waals surface area contributed by atoms with E-state index in [1.54, 1.807) is 48.4 Å². The largest absolute Gasteiger partial charge is 0.497 e. The van der Waals surface area contributed by atoms with E-state index in [1.165, 1.54) is 0 Å². The standard InChI is InChI=1S/C29H26N4O3/c1-36-23-11-7-10-22(20-23)26-14-15-27(31-30-26)32-16-18-33(19-17-32)29(35)25-13-6-5-12-24(25)28(34)21-8-3-2-4-9-21/h2-15,20H,16-19H2,1H3. The molecular formula is C29H26N4O3. The number of amides is 1. The number of methoxy groups -OCH3 is 1. The molecule has 5 rings (SSSR count). The van der Waals surface area contributed by atoms with Crippen molar-refractivity contribution in [3.05, 3.63) is 108 Å². The van der Waals surface area contributed by atoms with Gasteiger partial charge in [0.25, 0.3) is 5.91 Å². The number of anilines is 1. The third-order valence-corrected chi connectivity index (χ3v) is 6.34. The molecule has 0 saturated carbocycles. The molecule has 1 aliphatic heterocycles. The molecule has 7 heteroatoms. The van der Waals surface area contributed by atoms with Crippen molar-refractivity contribution >= 4 is 17.5 Å². The van der Waals surface area contributed by atoms with Crippen LogP contribution in [0.1, 0.15) is 26.3 Å². The fourth-order valence-corrected chi connectivity index (χ4v) is 4.35. The van der Waals surface area contributed by atoms with Gasteiger partial charge in [-0.25, -0.2) is 0 Å². The average Bonchev–Trinajstić information content (AvgIpc) is 2.97. The predicted molar refractivity (Wildman–Crippen MR) is 138 cm³/mol. The fourth-order valence-electron chi connectivity index (χ4n) is 4.35. The molecule has 7 nitrogen and oxygen atoms in total. The minimum Gasteiger partial charge on any atom is -0.497 e. The average molecular weight is 479 g/mol. The molecule has 1 aromatic heterocycles. The summed E-state index contributed by atoms with van der Waals surface area (Å²) in [6, 6.07) is 27.7. The summed E-state index contributed by atoms with van der Waals surface area (Å²) < 4.78 is 5.29. The van der Waals surface area contributed by atoms with E-state index >= 15 is 0 Å². The Labute approximate surface area is 210 Å². The molecule has 3 aromatic carbocycles. The van der Waals surface area contributed by atoms with Crippen LogP contribution in [-0.2, 0) is 0 Å². The smallest absolute Gasteiger partial charge is 0.254 e. The highest BCUT2D eigenvalue weighted by Crippen LogP contribution is 2.24. The molecule has 1 saturated heterocycles. The lowest BCUT2D eigenvalue weighted by Gasteiger charge is -2.35. The van der Waals surface area contributed by atoms with E-state index in [-0.39, 0.29) is 11.7 Å². The molecule has 4 aromatic rings. The van der Waals surface area contributed by atoms with Crippen LogP contribution in [0.5, 0.6) is 5.75 Å². The van der Waals surface area contributed by atoms with Gasteiger partial charge in [0.1, 0.15) is 5.75 Å². The first-order valence-corrected chi connectivity index (χ1v) is 11.9. The second kappa shape index (κ2) is 10.4. The van der Waals surface area contributed by atoms with Gasteiger partial charge in [0.2, 0.25) is 0 Å². The molecule has 0 bridgehead atoms. The van der Waals surface area contributed by atoms with Crippen LogP contribution >= 0.6 is 0 Å². The highest BCUT2D eigenvalue weighted by molar-refractivity contribution is 6.15. The van der Waals surface area contributed by atoms with Crippen LogP contribution in [0, 0.1) is 0 Å². The van der Waals surface area contributed by atoms with E-state index in [9.17, 15) is 9.59 Å². The van der Waals surface area contributed by atoms with Gasteiger partial charge < -0.3 is 14.5 Å². The molecular weight excluding hydrogens is 452 g/mol. The molecule has 1 aliphatic rings. The Hall–Kier alpha value is -4.52. The highest BCUT2D eigenvalue weighted by Gasteiger charge is 2.26. The maximum atomic E-state index is 13.4. The van der Waals surface area contributed by atoms with Gasteiger partial charge in [-0.1, -0.05) is 60.7 Å². The van der Waals surface area contributed by atoms with Gasteiger partial charge in [0, 0.05) is 42.9 Å². The first-order chi connectivity index (χ1) is 17.6. The SMILES string of the molecule is COc1cccc(-c2ccc(N3CCN(C(=O)c4ccccc4C(=O)c4ccccc4)CC3)nn2)c1. The van der Waals surface area contributed by atoms with Gasteiger partial charge in [-0.15, -0.1) is 10.2 Å². The Bertz CT molecular complexity index is 1360. The summed E-state index contributed by atoms with van der Waals surface area (Å²) in [5.41, 5.74) is 3.13. The van der Waals surface area contributed by atoms with E-state index in [0.29, 0.717) is 42.9 Å². The lowest BCUT2D eigenvalue weighted by atomic mass is 9.97. The van der Waals surface area contributed by atoms with Gasteiger partial charge in [0.05, 0.1) is 18.4 Å². The summed E-state index contributed by atoms with van der Waals surface area (Å²) in [6.07, 6.45) is 0. The number of piperazine rings is 1. The Morgan fingerprint density at radius 3 is 2.17 bits per heavy atom. The summed E-state index contributed by atoms with van der Waals surface area (Å²) in [5, 5.41) is 8.82. The maximum Gasteiger partial charge on any atom is 0.254 e. The van der Waals surface area contributed by atoms with Crippen LogP contribution in [0.15, 0.2) is 91.0 Å². The van der Waals surface area contributed by atoms with E-state index in [2.05, 4.69) is 15.1 Å². The van der Waals surface area contributed by atoms with E-state index < -0.39 is 0 Å². The number of carbonyl (C=O) groups is 2. The second-order valence-electron chi connectivity index (χ2n) is 8.53. The first-order valence-electron chi connectivity index (χ1n) is 11.9. The number of hydrogen-bond acceptors (Lipinski definition) is 6. The number of hydrogen-bond donors (Lipinski definition) is 0. The van der Waals surface area contributed by atoms with E-state index in [0.717, 1.165) is 22.8 Å². The Kier molecular flexibility index (Phi) is 6.71. The van der Waals surface area contributed by atoms with Crippen LogP contribution in [0.3, 0.4) is 0 Å². The molecule has 36 heavy (non-hydrogen) atoms. The number of rotatable bonds is 6. The van der Waals surface area contributed by atoms with Crippen molar-refractivity contribution in [3.63, 3.8) is 0 Å². The van der Waals surface area contributed by atoms with E-state index in [1.807, 2.05) is 54.6 Å². The monoisotopic (exact) mass is 478 g/mol. The minimum atomic E-state index is -0.149. The van der Waals surface area contributed by atoms with Gasteiger partial charge in [0.15, 0.2) is 11.6 Å². The Balaban J connectivity index is 1.26. The van der Waals surface area contributed by atoms with Crippen LogP contribution in [0.4, 0.5) is 5.82 Å². The molecule has 180 valence electrons. The van der Waals surface area contributed by atoms with Crippen molar-refractivity contribution in [2.24, 2.45) is 0 Å². The van der Waals surface area contributed by atoms with Crippen molar-refractivity contribution < 1.29 is 14.3 Å². The highest BCUT2D eigenvalue weighted by atomic mass is 16.5. The third kappa shape index (κ3) is 4.81. The number of aromatic nitrogens is 2. The molecule has 1 fully saturated rings. The van der Waals surface area contributed by atoms with Gasteiger partial charge in [-0.2, -0.15) is 0 Å². The van der Waals surface area contributed by atoms with Gasteiger partial charge >= 0.3 is 0 Å². The van der Waals surface area contributed by atoms with Crippen molar-refractivity contribution in [3.8, 4) is 17.0 Å². The molecule has 0 atom stereocenters. The van der Waals surface area contributed by atoms with Crippen molar-refractivity contribution in [1.82, 2.24) is 15.1 Å². The quantitative estimate of drug-likeness (QED) is 0.384. The maximum absolute atomic E-state index is 13.4. The molecule has 0 spiro atoms. The zero-order valence-corrected chi connectivity index (χ0v) is 20.0. The summed E-state index contributed by atoms with van der Waals surface area (Å²) in [6.45, 7) is 2.33. The topological polar surface area (TPSA) is 75.6 Å².